The molecule has 0 aromatic heterocycles. The van der Waals surface area contributed by atoms with Crippen molar-refractivity contribution in [1.29, 1.82) is 0 Å². The van der Waals surface area contributed by atoms with Gasteiger partial charge in [0.15, 0.2) is 0 Å². The lowest BCUT2D eigenvalue weighted by atomic mass is 10.1. The Morgan fingerprint density at radius 1 is 1.38 bits per heavy atom. The molecule has 1 unspecified atom stereocenters. The number of nitrogens with one attached hydrogen (secondary N) is 1. The number of esters is 1. The summed E-state index contributed by atoms with van der Waals surface area (Å²) in [6.07, 6.45) is 0. The van der Waals surface area contributed by atoms with Crippen LogP contribution in [-0.4, -0.2) is 38.4 Å². The van der Waals surface area contributed by atoms with Crippen molar-refractivity contribution in [3.8, 4) is 5.75 Å². The van der Waals surface area contributed by atoms with Crippen molar-refractivity contribution in [3.05, 3.63) is 27.7 Å². The van der Waals surface area contributed by atoms with Gasteiger partial charge in [-0.1, -0.05) is 15.9 Å². The molecule has 1 aromatic carbocycles. The van der Waals surface area contributed by atoms with E-state index in [2.05, 4.69) is 21.2 Å². The fourth-order valence-electron chi connectivity index (χ4n) is 1.64. The van der Waals surface area contributed by atoms with Gasteiger partial charge in [-0.3, -0.25) is 4.79 Å². The zero-order valence-corrected chi connectivity index (χ0v) is 14.8. The summed E-state index contributed by atoms with van der Waals surface area (Å²) in [5.41, 5.74) is 1.31. The Morgan fingerprint density at radius 3 is 2.57 bits per heavy atom. The molecule has 0 aliphatic carbocycles. The van der Waals surface area contributed by atoms with Crippen molar-refractivity contribution in [1.82, 2.24) is 5.32 Å². The molecule has 0 heterocycles. The quantitative estimate of drug-likeness (QED) is 0.774. The number of carbonyl (C=O) groups excluding carboxylic acids is 2. The molecule has 1 rings (SSSR count). The van der Waals surface area contributed by atoms with Crippen molar-refractivity contribution in [2.24, 2.45) is 0 Å². The summed E-state index contributed by atoms with van der Waals surface area (Å²) in [6, 6.07) is 3.45. The molecule has 0 saturated carbocycles. The lowest BCUT2D eigenvalue weighted by Gasteiger charge is -2.13. The average molecular weight is 376 g/mol. The van der Waals surface area contributed by atoms with Gasteiger partial charge in [0.1, 0.15) is 11.3 Å². The maximum absolute atomic E-state index is 11.7. The van der Waals surface area contributed by atoms with E-state index < -0.39 is 5.97 Å². The largest absolute Gasteiger partial charge is 0.496 e. The van der Waals surface area contributed by atoms with Crippen LogP contribution in [0.25, 0.3) is 0 Å². The van der Waals surface area contributed by atoms with Crippen LogP contribution in [0.5, 0.6) is 5.75 Å². The van der Waals surface area contributed by atoms with Gasteiger partial charge in [0, 0.05) is 17.3 Å². The van der Waals surface area contributed by atoms with E-state index in [-0.39, 0.29) is 11.2 Å². The first-order valence-electron chi connectivity index (χ1n) is 6.22. The second-order valence-corrected chi connectivity index (χ2v) is 6.39. The number of halogens is 1. The molecule has 0 aliphatic heterocycles. The molecule has 0 fully saturated rings. The summed E-state index contributed by atoms with van der Waals surface area (Å²) in [5.74, 6) is 0.598. The highest BCUT2D eigenvalue weighted by Gasteiger charge is 2.17. The maximum atomic E-state index is 11.7. The highest BCUT2D eigenvalue weighted by atomic mass is 79.9. The zero-order valence-electron chi connectivity index (χ0n) is 12.4. The first-order chi connectivity index (χ1) is 9.94. The van der Waals surface area contributed by atoms with Crippen LogP contribution in [0.2, 0.25) is 0 Å². The number of thioether (sulfide) groups is 1. The SMILES string of the molecule is CNC(=O)C(C)SCc1cc(OC)c(C(=O)OC)cc1Br. The fourth-order valence-corrected chi connectivity index (χ4v) is 3.24. The minimum absolute atomic E-state index is 0.0192. The van der Waals surface area contributed by atoms with Crippen LogP contribution in [-0.2, 0) is 15.3 Å². The van der Waals surface area contributed by atoms with Crippen molar-refractivity contribution in [2.45, 2.75) is 17.9 Å². The summed E-state index contributed by atoms with van der Waals surface area (Å²) in [6.45, 7) is 1.84. The van der Waals surface area contributed by atoms with Gasteiger partial charge in [0.2, 0.25) is 5.91 Å². The van der Waals surface area contributed by atoms with E-state index in [1.165, 1.54) is 26.0 Å². The molecule has 0 saturated heterocycles. The highest BCUT2D eigenvalue weighted by molar-refractivity contribution is 9.10. The molecule has 1 aromatic rings. The van der Waals surface area contributed by atoms with E-state index in [0.29, 0.717) is 17.1 Å². The van der Waals surface area contributed by atoms with Gasteiger partial charge in [-0.25, -0.2) is 4.79 Å². The van der Waals surface area contributed by atoms with Gasteiger partial charge in [-0.05, 0) is 24.6 Å². The Morgan fingerprint density at radius 2 is 2.05 bits per heavy atom. The Hall–Kier alpha value is -1.21. The molecule has 5 nitrogen and oxygen atoms in total. The molecule has 0 aliphatic rings. The molecule has 0 radical (unpaired) electrons. The van der Waals surface area contributed by atoms with E-state index in [9.17, 15) is 9.59 Å². The van der Waals surface area contributed by atoms with Crippen LogP contribution in [0.15, 0.2) is 16.6 Å². The van der Waals surface area contributed by atoms with Crippen molar-refractivity contribution in [3.63, 3.8) is 0 Å². The van der Waals surface area contributed by atoms with Crippen LogP contribution in [0.1, 0.15) is 22.8 Å². The smallest absolute Gasteiger partial charge is 0.341 e. The van der Waals surface area contributed by atoms with Crippen LogP contribution in [0, 0.1) is 0 Å². The first kappa shape index (κ1) is 17.8. The van der Waals surface area contributed by atoms with Crippen LogP contribution < -0.4 is 10.1 Å². The number of carbonyl (C=O) groups is 2. The molecule has 21 heavy (non-hydrogen) atoms. The lowest BCUT2D eigenvalue weighted by molar-refractivity contribution is -0.119. The number of hydrogen-bond acceptors (Lipinski definition) is 5. The molecule has 1 atom stereocenters. The van der Waals surface area contributed by atoms with E-state index in [1.54, 1.807) is 19.2 Å². The van der Waals surface area contributed by atoms with Gasteiger partial charge in [0.25, 0.3) is 0 Å². The van der Waals surface area contributed by atoms with Gasteiger partial charge >= 0.3 is 5.97 Å². The Bertz CT molecular complexity index is 536. The Labute approximate surface area is 136 Å². The second-order valence-electron chi connectivity index (χ2n) is 4.20. The number of rotatable bonds is 6. The monoisotopic (exact) mass is 375 g/mol. The van der Waals surface area contributed by atoms with Gasteiger partial charge in [-0.2, -0.15) is 0 Å². The van der Waals surface area contributed by atoms with Crippen molar-refractivity contribution in [2.75, 3.05) is 21.3 Å². The molecule has 1 amide bonds. The summed E-state index contributed by atoms with van der Waals surface area (Å²) in [4.78, 5) is 23.2. The molecular formula is C14H18BrNO4S. The molecule has 116 valence electrons. The third-order valence-corrected chi connectivity index (χ3v) is 4.81. The number of benzene rings is 1. The second kappa shape index (κ2) is 8.29. The summed E-state index contributed by atoms with van der Waals surface area (Å²) < 4.78 is 10.7. The molecular weight excluding hydrogens is 358 g/mol. The van der Waals surface area contributed by atoms with Crippen LogP contribution in [0.4, 0.5) is 0 Å². The third kappa shape index (κ3) is 4.64. The summed E-state index contributed by atoms with van der Waals surface area (Å²) >= 11 is 4.94. The predicted octanol–water partition coefficient (Wildman–Crippen LogP) is 2.61. The van der Waals surface area contributed by atoms with Crippen LogP contribution >= 0.6 is 27.7 Å². The Kier molecular flexibility index (Phi) is 7.04. The minimum Gasteiger partial charge on any atom is -0.496 e. The van der Waals surface area contributed by atoms with Crippen molar-refractivity contribution < 1.29 is 19.1 Å². The minimum atomic E-state index is -0.453. The van der Waals surface area contributed by atoms with Crippen molar-refractivity contribution >= 4 is 39.6 Å². The predicted molar refractivity (Wildman–Crippen MR) is 86.9 cm³/mol. The molecule has 0 bridgehead atoms. The topological polar surface area (TPSA) is 64.6 Å². The Balaban J connectivity index is 2.94. The van der Waals surface area contributed by atoms with E-state index in [4.69, 9.17) is 9.47 Å². The average Bonchev–Trinajstić information content (AvgIpc) is 2.51. The number of amides is 1. The van der Waals surface area contributed by atoms with E-state index in [0.717, 1.165) is 10.0 Å². The standard InChI is InChI=1S/C14H18BrNO4S/c1-8(13(17)16-2)21-7-9-5-12(19-3)10(6-11(9)15)14(18)20-4/h5-6,8H,7H2,1-4H3,(H,16,17). The molecule has 7 heteroatoms. The summed E-state index contributed by atoms with van der Waals surface area (Å²) in [5, 5.41) is 2.45. The number of methoxy groups -OCH3 is 2. The third-order valence-electron chi connectivity index (χ3n) is 2.88. The van der Waals surface area contributed by atoms with E-state index in [1.807, 2.05) is 6.92 Å². The molecule has 0 spiro atoms. The van der Waals surface area contributed by atoms with Crippen LogP contribution in [0.3, 0.4) is 0 Å². The normalized spacial score (nSPS) is 11.7. The fraction of sp³-hybridized carbons (Fsp3) is 0.429. The van der Waals surface area contributed by atoms with Gasteiger partial charge in [0.05, 0.1) is 19.5 Å². The summed E-state index contributed by atoms with van der Waals surface area (Å²) in [7, 11) is 4.44. The number of ether oxygens (including phenoxy) is 2. The lowest BCUT2D eigenvalue weighted by Crippen LogP contribution is -2.27. The first-order valence-corrected chi connectivity index (χ1v) is 8.06. The van der Waals surface area contributed by atoms with E-state index >= 15 is 0 Å². The zero-order chi connectivity index (χ0) is 16.0. The number of hydrogen-bond donors (Lipinski definition) is 1. The van der Waals surface area contributed by atoms with Gasteiger partial charge in [-0.15, -0.1) is 11.8 Å². The van der Waals surface area contributed by atoms with Gasteiger partial charge < -0.3 is 14.8 Å². The molecule has 1 N–H and O–H groups in total. The maximum Gasteiger partial charge on any atom is 0.341 e. The highest BCUT2D eigenvalue weighted by Crippen LogP contribution is 2.31.